The van der Waals surface area contributed by atoms with Gasteiger partial charge in [-0.15, -0.1) is 0 Å². The van der Waals surface area contributed by atoms with E-state index < -0.39 is 0 Å². The number of phenols is 1. The summed E-state index contributed by atoms with van der Waals surface area (Å²) in [4.78, 5) is 0. The summed E-state index contributed by atoms with van der Waals surface area (Å²) in [6, 6.07) is 10.5. The van der Waals surface area contributed by atoms with Crippen LogP contribution >= 0.6 is 23.2 Å². The summed E-state index contributed by atoms with van der Waals surface area (Å²) in [6.07, 6.45) is 0.900. The molecule has 0 aliphatic carbocycles. The Morgan fingerprint density at radius 1 is 1.10 bits per heavy atom. The Kier molecular flexibility index (Phi) is 5.59. The quantitative estimate of drug-likeness (QED) is 0.726. The van der Waals surface area contributed by atoms with E-state index in [-0.39, 0.29) is 5.75 Å². The maximum Gasteiger partial charge on any atom is 0.156 e. The standard InChI is InChI=1S/C16H17Cl2NO2/c1-2-7-21-16-14(17)8-11(9-15(16)18)10-19-12-3-5-13(20)6-4-12/h3-6,8-9,19-20H,2,7,10H2,1H3. The van der Waals surface area contributed by atoms with E-state index in [0.29, 0.717) is 28.9 Å². The SMILES string of the molecule is CCCOc1c(Cl)cc(CNc2ccc(O)cc2)cc1Cl. The van der Waals surface area contributed by atoms with Crippen molar-refractivity contribution in [3.8, 4) is 11.5 Å². The third kappa shape index (κ3) is 4.45. The smallest absolute Gasteiger partial charge is 0.156 e. The number of hydrogen-bond acceptors (Lipinski definition) is 3. The molecule has 0 saturated carbocycles. The van der Waals surface area contributed by atoms with E-state index in [1.807, 2.05) is 19.1 Å². The predicted molar refractivity (Wildman–Crippen MR) is 87.7 cm³/mol. The van der Waals surface area contributed by atoms with Crippen molar-refractivity contribution in [1.29, 1.82) is 0 Å². The largest absolute Gasteiger partial charge is 0.508 e. The van der Waals surface area contributed by atoms with Crippen LogP contribution in [0.1, 0.15) is 18.9 Å². The lowest BCUT2D eigenvalue weighted by Gasteiger charge is -2.12. The van der Waals surface area contributed by atoms with Crippen LogP contribution in [-0.2, 0) is 6.54 Å². The van der Waals surface area contributed by atoms with Gasteiger partial charge in [0.25, 0.3) is 0 Å². The fourth-order valence-corrected chi connectivity index (χ4v) is 2.48. The van der Waals surface area contributed by atoms with Gasteiger partial charge in [-0.2, -0.15) is 0 Å². The molecule has 0 atom stereocenters. The van der Waals surface area contributed by atoms with E-state index in [4.69, 9.17) is 27.9 Å². The molecule has 21 heavy (non-hydrogen) atoms. The lowest BCUT2D eigenvalue weighted by molar-refractivity contribution is 0.318. The molecular formula is C16H17Cl2NO2. The van der Waals surface area contributed by atoms with Crippen LogP contribution in [0, 0.1) is 0 Å². The number of benzene rings is 2. The van der Waals surface area contributed by atoms with E-state index in [1.54, 1.807) is 24.3 Å². The van der Waals surface area contributed by atoms with Gasteiger partial charge in [-0.05, 0) is 48.4 Å². The van der Waals surface area contributed by atoms with Gasteiger partial charge in [0, 0.05) is 12.2 Å². The first kappa shape index (κ1) is 15.8. The highest BCUT2D eigenvalue weighted by atomic mass is 35.5. The minimum atomic E-state index is 0.240. The van der Waals surface area contributed by atoms with Crippen molar-refractivity contribution in [3.63, 3.8) is 0 Å². The average molecular weight is 326 g/mol. The summed E-state index contributed by atoms with van der Waals surface area (Å²) in [7, 11) is 0. The molecule has 0 radical (unpaired) electrons. The van der Waals surface area contributed by atoms with E-state index in [0.717, 1.165) is 17.7 Å². The van der Waals surface area contributed by atoms with Crippen LogP contribution in [0.5, 0.6) is 11.5 Å². The van der Waals surface area contributed by atoms with Gasteiger partial charge in [-0.25, -0.2) is 0 Å². The van der Waals surface area contributed by atoms with Gasteiger partial charge in [-0.3, -0.25) is 0 Å². The number of halogens is 2. The Bertz CT molecular complexity index is 577. The molecule has 112 valence electrons. The third-order valence-electron chi connectivity index (χ3n) is 2.87. The van der Waals surface area contributed by atoms with Crippen molar-refractivity contribution in [2.24, 2.45) is 0 Å². The van der Waals surface area contributed by atoms with Crippen molar-refractivity contribution in [1.82, 2.24) is 0 Å². The second kappa shape index (κ2) is 7.43. The van der Waals surface area contributed by atoms with Crippen LogP contribution in [0.2, 0.25) is 10.0 Å². The first-order valence-electron chi connectivity index (χ1n) is 6.73. The molecular weight excluding hydrogens is 309 g/mol. The first-order valence-corrected chi connectivity index (χ1v) is 7.49. The van der Waals surface area contributed by atoms with Gasteiger partial charge in [0.05, 0.1) is 16.7 Å². The molecule has 5 heteroatoms. The molecule has 2 rings (SSSR count). The minimum absolute atomic E-state index is 0.240. The molecule has 0 spiro atoms. The highest BCUT2D eigenvalue weighted by Crippen LogP contribution is 2.34. The van der Waals surface area contributed by atoms with Crippen molar-refractivity contribution >= 4 is 28.9 Å². The fraction of sp³-hybridized carbons (Fsp3) is 0.250. The van der Waals surface area contributed by atoms with Gasteiger partial charge in [0.1, 0.15) is 5.75 Å². The number of anilines is 1. The first-order chi connectivity index (χ1) is 10.1. The number of rotatable bonds is 6. The number of phenolic OH excluding ortho intramolecular Hbond substituents is 1. The number of ether oxygens (including phenoxy) is 1. The van der Waals surface area contributed by atoms with Gasteiger partial charge < -0.3 is 15.2 Å². The third-order valence-corrected chi connectivity index (χ3v) is 3.43. The molecule has 0 unspecified atom stereocenters. The average Bonchev–Trinajstić information content (AvgIpc) is 2.46. The summed E-state index contributed by atoms with van der Waals surface area (Å²) < 4.78 is 5.54. The Hall–Kier alpha value is -1.58. The van der Waals surface area contributed by atoms with Gasteiger partial charge in [-0.1, -0.05) is 30.1 Å². The monoisotopic (exact) mass is 325 g/mol. The van der Waals surface area contributed by atoms with Crippen LogP contribution in [0.3, 0.4) is 0 Å². The van der Waals surface area contributed by atoms with Crippen molar-refractivity contribution in [2.75, 3.05) is 11.9 Å². The molecule has 2 N–H and O–H groups in total. The van der Waals surface area contributed by atoms with Crippen LogP contribution in [0.4, 0.5) is 5.69 Å². The van der Waals surface area contributed by atoms with Crippen molar-refractivity contribution in [3.05, 3.63) is 52.0 Å². The zero-order valence-electron chi connectivity index (χ0n) is 11.7. The van der Waals surface area contributed by atoms with Gasteiger partial charge in [0.2, 0.25) is 0 Å². The molecule has 0 saturated heterocycles. The molecule has 0 aromatic heterocycles. The van der Waals surface area contributed by atoms with Crippen LogP contribution < -0.4 is 10.1 Å². The summed E-state index contributed by atoms with van der Waals surface area (Å²) >= 11 is 12.4. The molecule has 0 aliphatic rings. The van der Waals surface area contributed by atoms with E-state index in [1.165, 1.54) is 0 Å². The van der Waals surface area contributed by atoms with Crippen molar-refractivity contribution in [2.45, 2.75) is 19.9 Å². The summed E-state index contributed by atoms with van der Waals surface area (Å²) in [5.41, 5.74) is 1.87. The fourth-order valence-electron chi connectivity index (χ4n) is 1.84. The Morgan fingerprint density at radius 3 is 2.29 bits per heavy atom. The number of nitrogens with one attached hydrogen (secondary N) is 1. The van der Waals surface area contributed by atoms with E-state index in [2.05, 4.69) is 5.32 Å². The summed E-state index contributed by atoms with van der Waals surface area (Å²) in [5.74, 6) is 0.776. The molecule has 2 aromatic carbocycles. The number of hydrogen-bond donors (Lipinski definition) is 2. The summed E-state index contributed by atoms with van der Waals surface area (Å²) in [5, 5.41) is 13.5. The molecule has 3 nitrogen and oxygen atoms in total. The molecule has 0 heterocycles. The molecule has 0 aliphatic heterocycles. The van der Waals surface area contributed by atoms with Crippen molar-refractivity contribution < 1.29 is 9.84 Å². The minimum Gasteiger partial charge on any atom is -0.508 e. The second-order valence-electron chi connectivity index (χ2n) is 4.64. The Morgan fingerprint density at radius 2 is 1.71 bits per heavy atom. The maximum absolute atomic E-state index is 9.24. The van der Waals surface area contributed by atoms with E-state index >= 15 is 0 Å². The van der Waals surface area contributed by atoms with Gasteiger partial charge in [0.15, 0.2) is 5.75 Å². The highest BCUT2D eigenvalue weighted by Gasteiger charge is 2.09. The van der Waals surface area contributed by atoms with Crippen LogP contribution in [0.25, 0.3) is 0 Å². The predicted octanol–water partition coefficient (Wildman–Crippen LogP) is 5.10. The molecule has 2 aromatic rings. The van der Waals surface area contributed by atoms with Crippen LogP contribution in [-0.4, -0.2) is 11.7 Å². The Balaban J connectivity index is 2.05. The molecule has 0 amide bonds. The lowest BCUT2D eigenvalue weighted by Crippen LogP contribution is -2.01. The number of aromatic hydroxyl groups is 1. The molecule has 0 bridgehead atoms. The normalized spacial score (nSPS) is 10.4. The highest BCUT2D eigenvalue weighted by molar-refractivity contribution is 6.37. The zero-order valence-corrected chi connectivity index (χ0v) is 13.2. The van der Waals surface area contributed by atoms with E-state index in [9.17, 15) is 5.11 Å². The van der Waals surface area contributed by atoms with Gasteiger partial charge >= 0.3 is 0 Å². The topological polar surface area (TPSA) is 41.5 Å². The zero-order chi connectivity index (χ0) is 15.2. The Labute approximate surface area is 134 Å². The lowest BCUT2D eigenvalue weighted by atomic mass is 10.2. The summed E-state index contributed by atoms with van der Waals surface area (Å²) in [6.45, 7) is 3.20. The van der Waals surface area contributed by atoms with Crippen LogP contribution in [0.15, 0.2) is 36.4 Å². The second-order valence-corrected chi connectivity index (χ2v) is 5.45. The molecule has 0 fully saturated rings. The maximum atomic E-state index is 9.24.